The number of aromatic nitrogens is 4. The number of carbonyl (C=O) groups is 2. The van der Waals surface area contributed by atoms with E-state index in [9.17, 15) is 9.59 Å². The van der Waals surface area contributed by atoms with E-state index in [1.807, 2.05) is 32.0 Å². The van der Waals surface area contributed by atoms with Gasteiger partial charge in [-0.1, -0.05) is 0 Å². The monoisotopic (exact) mass is 586 g/mol. The van der Waals surface area contributed by atoms with Gasteiger partial charge in [0.05, 0.1) is 41.7 Å². The van der Waals surface area contributed by atoms with Gasteiger partial charge in [0.15, 0.2) is 17.6 Å². The standard InChI is InChI=1S/C29H26N6O6S/c1-14-7-19(25-20(8-14)34-23(38-4)11-31-25)28-35-24-15(2)9-21-26(27(24)42-28)39-12-18(41-21)13-40-29(37)33-17-5-6-22(30-10-17)32-16(3)36/h5-11,18H,12-13H2,1-4H3,(H,33,37)(H,30,32,36). The maximum Gasteiger partial charge on any atom is 0.411 e. The molecule has 0 fully saturated rings. The molecule has 3 aromatic heterocycles. The summed E-state index contributed by atoms with van der Waals surface area (Å²) >= 11 is 1.50. The van der Waals surface area contributed by atoms with E-state index >= 15 is 0 Å². The average Bonchev–Trinajstić information content (AvgIpc) is 3.42. The third-order valence-electron chi connectivity index (χ3n) is 6.41. The Balaban J connectivity index is 1.18. The highest BCUT2D eigenvalue weighted by molar-refractivity contribution is 7.22. The molecule has 0 bridgehead atoms. The summed E-state index contributed by atoms with van der Waals surface area (Å²) in [4.78, 5) is 41.6. The average molecular weight is 587 g/mol. The summed E-state index contributed by atoms with van der Waals surface area (Å²) in [6, 6.07) is 9.08. The summed E-state index contributed by atoms with van der Waals surface area (Å²) in [6.45, 7) is 5.53. The molecule has 2 aromatic carbocycles. The molecular formula is C29H26N6O6S. The molecule has 12 nitrogen and oxygen atoms in total. The number of nitrogens with one attached hydrogen (secondary N) is 2. The van der Waals surface area contributed by atoms with Crippen molar-refractivity contribution < 1.29 is 28.5 Å². The second-order valence-corrected chi connectivity index (χ2v) is 10.7. The first-order valence-corrected chi connectivity index (χ1v) is 13.8. The number of thiazole rings is 1. The van der Waals surface area contributed by atoms with Gasteiger partial charge >= 0.3 is 6.09 Å². The number of rotatable bonds is 6. The van der Waals surface area contributed by atoms with E-state index in [2.05, 4.69) is 25.6 Å². The van der Waals surface area contributed by atoms with Crippen LogP contribution < -0.4 is 24.8 Å². The van der Waals surface area contributed by atoms with E-state index in [0.29, 0.717) is 28.9 Å². The summed E-state index contributed by atoms with van der Waals surface area (Å²) in [5.41, 5.74) is 5.54. The fraction of sp³-hybridized carbons (Fsp3) is 0.241. The summed E-state index contributed by atoms with van der Waals surface area (Å²) < 4.78 is 23.8. The van der Waals surface area contributed by atoms with Crippen LogP contribution in [0.3, 0.4) is 0 Å². The number of amides is 2. The fourth-order valence-electron chi connectivity index (χ4n) is 4.55. The van der Waals surface area contributed by atoms with Crippen LogP contribution in [0.5, 0.6) is 17.4 Å². The van der Waals surface area contributed by atoms with E-state index in [0.717, 1.165) is 42.9 Å². The predicted octanol–water partition coefficient (Wildman–Crippen LogP) is 5.27. The highest BCUT2D eigenvalue weighted by Crippen LogP contribution is 2.46. The van der Waals surface area contributed by atoms with Crippen molar-refractivity contribution in [2.24, 2.45) is 0 Å². The molecule has 42 heavy (non-hydrogen) atoms. The first-order valence-electron chi connectivity index (χ1n) is 13.0. The molecule has 0 spiro atoms. The minimum atomic E-state index is -0.664. The molecule has 13 heteroatoms. The van der Waals surface area contributed by atoms with Crippen LogP contribution in [0.15, 0.2) is 42.7 Å². The summed E-state index contributed by atoms with van der Waals surface area (Å²) in [5, 5.41) is 5.95. The maximum atomic E-state index is 12.3. The Labute approximate surface area is 244 Å². The van der Waals surface area contributed by atoms with Gasteiger partial charge in [0.2, 0.25) is 11.8 Å². The predicted molar refractivity (Wildman–Crippen MR) is 158 cm³/mol. The van der Waals surface area contributed by atoms with Crippen LogP contribution in [0.1, 0.15) is 18.1 Å². The zero-order valence-corrected chi connectivity index (χ0v) is 24.0. The molecule has 5 aromatic rings. The minimum absolute atomic E-state index is 0.0227. The van der Waals surface area contributed by atoms with Gasteiger partial charge in [-0.3, -0.25) is 10.1 Å². The number of anilines is 2. The van der Waals surface area contributed by atoms with E-state index in [1.54, 1.807) is 25.4 Å². The summed E-state index contributed by atoms with van der Waals surface area (Å²) in [6.07, 6.45) is 1.85. The Bertz CT molecular complexity index is 1840. The Hall–Kier alpha value is -5.04. The van der Waals surface area contributed by atoms with Gasteiger partial charge in [-0.25, -0.2) is 24.7 Å². The van der Waals surface area contributed by atoms with Crippen molar-refractivity contribution in [3.8, 4) is 28.0 Å². The highest BCUT2D eigenvalue weighted by atomic mass is 32.1. The lowest BCUT2D eigenvalue weighted by Gasteiger charge is -2.26. The summed E-state index contributed by atoms with van der Waals surface area (Å²) in [7, 11) is 1.56. The minimum Gasteiger partial charge on any atom is -0.484 e. The lowest BCUT2D eigenvalue weighted by molar-refractivity contribution is -0.114. The Morgan fingerprint density at radius 2 is 1.93 bits per heavy atom. The van der Waals surface area contributed by atoms with Gasteiger partial charge in [0.1, 0.15) is 28.7 Å². The number of methoxy groups -OCH3 is 1. The van der Waals surface area contributed by atoms with Gasteiger partial charge in [-0.2, -0.15) is 0 Å². The molecule has 1 aliphatic heterocycles. The number of ether oxygens (including phenoxy) is 4. The number of carbonyl (C=O) groups excluding carboxylic acids is 2. The van der Waals surface area contributed by atoms with Crippen LogP contribution in [0.2, 0.25) is 0 Å². The Kier molecular flexibility index (Phi) is 7.17. The number of hydrogen-bond acceptors (Lipinski definition) is 11. The van der Waals surface area contributed by atoms with Crippen LogP contribution in [0.25, 0.3) is 31.8 Å². The molecule has 2 amide bonds. The number of fused-ring (bicyclic) bond motifs is 4. The topological polar surface area (TPSA) is 147 Å². The molecule has 1 atom stereocenters. The maximum absolute atomic E-state index is 12.3. The molecule has 1 aliphatic rings. The van der Waals surface area contributed by atoms with Gasteiger partial charge in [-0.05, 0) is 55.3 Å². The molecule has 214 valence electrons. The van der Waals surface area contributed by atoms with Crippen molar-refractivity contribution in [3.05, 3.63) is 53.9 Å². The SMILES string of the molecule is COc1cnc2c(-c3nc4c(C)cc5c(c4s3)OCC(COC(=O)Nc3ccc(NC(C)=O)nc3)O5)cc(C)cc2n1. The van der Waals surface area contributed by atoms with Crippen LogP contribution >= 0.6 is 11.3 Å². The number of nitrogens with zero attached hydrogens (tertiary/aromatic N) is 4. The van der Waals surface area contributed by atoms with Crippen molar-refractivity contribution in [3.63, 3.8) is 0 Å². The first-order chi connectivity index (χ1) is 20.3. The number of aryl methyl sites for hydroxylation is 2. The zero-order chi connectivity index (χ0) is 29.4. The van der Waals surface area contributed by atoms with Crippen molar-refractivity contribution in [1.29, 1.82) is 0 Å². The molecule has 0 saturated carbocycles. The smallest absolute Gasteiger partial charge is 0.411 e. The second kappa shape index (κ2) is 11.1. The van der Waals surface area contributed by atoms with Gasteiger partial charge < -0.3 is 24.3 Å². The van der Waals surface area contributed by atoms with E-state index in [1.165, 1.54) is 24.5 Å². The first kappa shape index (κ1) is 27.1. The third-order valence-corrected chi connectivity index (χ3v) is 7.50. The van der Waals surface area contributed by atoms with Crippen molar-refractivity contribution in [1.82, 2.24) is 19.9 Å². The van der Waals surface area contributed by atoms with Gasteiger partial charge in [0.25, 0.3) is 0 Å². The number of benzene rings is 2. The van der Waals surface area contributed by atoms with Crippen LogP contribution in [0, 0.1) is 13.8 Å². The zero-order valence-electron chi connectivity index (χ0n) is 23.2. The number of pyridine rings is 1. The molecule has 2 N–H and O–H groups in total. The van der Waals surface area contributed by atoms with Crippen LogP contribution in [-0.4, -0.2) is 58.4 Å². The molecule has 1 unspecified atom stereocenters. The largest absolute Gasteiger partial charge is 0.484 e. The van der Waals surface area contributed by atoms with Crippen LogP contribution in [-0.2, 0) is 9.53 Å². The molecule has 0 aliphatic carbocycles. The second-order valence-electron chi connectivity index (χ2n) is 9.70. The van der Waals surface area contributed by atoms with Crippen molar-refractivity contribution >= 4 is 56.1 Å². The Morgan fingerprint density at radius 3 is 2.69 bits per heavy atom. The van der Waals surface area contributed by atoms with Crippen molar-refractivity contribution in [2.75, 3.05) is 31.0 Å². The van der Waals surface area contributed by atoms with E-state index in [4.69, 9.17) is 23.9 Å². The van der Waals surface area contributed by atoms with Crippen molar-refractivity contribution in [2.45, 2.75) is 26.9 Å². The fourth-order valence-corrected chi connectivity index (χ4v) is 5.70. The van der Waals surface area contributed by atoms with E-state index < -0.39 is 12.2 Å². The van der Waals surface area contributed by atoms with Gasteiger partial charge in [-0.15, -0.1) is 11.3 Å². The third kappa shape index (κ3) is 5.46. The lowest BCUT2D eigenvalue weighted by Crippen LogP contribution is -2.35. The Morgan fingerprint density at radius 1 is 1.07 bits per heavy atom. The molecule has 0 radical (unpaired) electrons. The highest BCUT2D eigenvalue weighted by Gasteiger charge is 2.27. The normalized spacial score (nSPS) is 14.0. The molecule has 0 saturated heterocycles. The van der Waals surface area contributed by atoms with Gasteiger partial charge in [0, 0.05) is 12.5 Å². The molecular weight excluding hydrogens is 560 g/mol. The lowest BCUT2D eigenvalue weighted by atomic mass is 10.1. The van der Waals surface area contributed by atoms with E-state index in [-0.39, 0.29) is 19.1 Å². The summed E-state index contributed by atoms with van der Waals surface area (Å²) in [5.74, 6) is 1.76. The quantitative estimate of drug-likeness (QED) is 0.270. The number of hydrogen-bond donors (Lipinski definition) is 2. The van der Waals surface area contributed by atoms with Crippen LogP contribution in [0.4, 0.5) is 16.3 Å². The molecule has 4 heterocycles. The molecule has 6 rings (SSSR count).